The Balaban J connectivity index is 1.44. The van der Waals surface area contributed by atoms with E-state index < -0.39 is 47.5 Å². The number of likely N-dealkylation sites (tertiary alicyclic amines) is 1. The number of rotatable bonds is 6. The molecule has 1 saturated heterocycles. The maximum absolute atomic E-state index is 14.8. The Morgan fingerprint density at radius 2 is 1.92 bits per heavy atom. The second kappa shape index (κ2) is 9.97. The number of ether oxygens (including phenoxy) is 1. The van der Waals surface area contributed by atoms with Crippen LogP contribution in [0.5, 0.6) is 5.75 Å². The summed E-state index contributed by atoms with van der Waals surface area (Å²) in [4.78, 5) is 30.7. The molecule has 2 fully saturated rings. The van der Waals surface area contributed by atoms with Crippen molar-refractivity contribution < 1.29 is 36.3 Å². The largest absolute Gasteiger partial charge is 0.493 e. The van der Waals surface area contributed by atoms with Crippen molar-refractivity contribution in [3.8, 4) is 17.0 Å². The first-order valence-electron chi connectivity index (χ1n) is 12.3. The molecule has 3 heterocycles. The van der Waals surface area contributed by atoms with Gasteiger partial charge in [-0.25, -0.2) is 18.3 Å². The van der Waals surface area contributed by atoms with Crippen LogP contribution in [-0.4, -0.2) is 69.4 Å². The molecule has 39 heavy (non-hydrogen) atoms. The quantitative estimate of drug-likeness (QED) is 0.453. The molecule has 2 aromatic heterocycles. The number of carbonyl (C=O) groups is 2. The Labute approximate surface area is 219 Å². The van der Waals surface area contributed by atoms with Gasteiger partial charge < -0.3 is 20.7 Å². The maximum atomic E-state index is 14.8. The Bertz CT molecular complexity index is 1420. The van der Waals surface area contributed by atoms with Gasteiger partial charge in [0, 0.05) is 18.0 Å². The highest BCUT2D eigenvalue weighted by atomic mass is 19.4. The van der Waals surface area contributed by atoms with Crippen molar-refractivity contribution in [2.75, 3.05) is 25.4 Å². The van der Waals surface area contributed by atoms with E-state index in [-0.39, 0.29) is 66.8 Å². The van der Waals surface area contributed by atoms with Crippen molar-refractivity contribution in [2.45, 2.75) is 44.3 Å². The topological polar surface area (TPSA) is 115 Å². The number of nitrogens with one attached hydrogen (secondary N) is 1. The van der Waals surface area contributed by atoms with Crippen molar-refractivity contribution in [1.29, 1.82) is 0 Å². The fraction of sp³-hybridized carbons (Fsp3) is 0.440. The standard InChI is InChI=1S/C25H25F5N6O3/c1-2-39-20-4-3-12(19-8-16(25(28,29)30)21-22(31)32-11-33-36(19)21)7-15(20)23(37)34-18-10-35(9-17(18)27)24(38)13-5-14(26)6-13/h3-4,7-8,11,13-14,17-18H,2,5-6,9-10H2,1H3,(H,34,37)(H2,31,32,33)/t13?,14?,17-,18+/m0/s1. The fourth-order valence-corrected chi connectivity index (χ4v) is 4.97. The van der Waals surface area contributed by atoms with Gasteiger partial charge in [0.1, 0.15) is 29.9 Å². The lowest BCUT2D eigenvalue weighted by atomic mass is 9.82. The Morgan fingerprint density at radius 3 is 2.59 bits per heavy atom. The molecule has 0 bridgehead atoms. The predicted octanol–water partition coefficient (Wildman–Crippen LogP) is 3.42. The second-order valence-corrected chi connectivity index (χ2v) is 9.60. The van der Waals surface area contributed by atoms with Crippen LogP contribution in [0.2, 0.25) is 0 Å². The molecule has 3 aromatic rings. The van der Waals surface area contributed by atoms with Gasteiger partial charge in [0.15, 0.2) is 5.82 Å². The van der Waals surface area contributed by atoms with Gasteiger partial charge in [-0.15, -0.1) is 0 Å². The van der Waals surface area contributed by atoms with Gasteiger partial charge in [0.05, 0.1) is 36.0 Å². The minimum absolute atomic E-state index is 0.00352. The lowest BCUT2D eigenvalue weighted by Gasteiger charge is -2.31. The lowest BCUT2D eigenvalue weighted by molar-refractivity contribution is -0.139. The molecule has 1 aliphatic heterocycles. The highest BCUT2D eigenvalue weighted by molar-refractivity contribution is 5.98. The van der Waals surface area contributed by atoms with Crippen LogP contribution in [0.3, 0.4) is 0 Å². The number of halogens is 5. The first-order valence-corrected chi connectivity index (χ1v) is 12.3. The number of carbonyl (C=O) groups excluding carboxylic acids is 2. The van der Waals surface area contributed by atoms with Crippen LogP contribution in [0.15, 0.2) is 30.6 Å². The molecule has 0 unspecified atom stereocenters. The summed E-state index contributed by atoms with van der Waals surface area (Å²) in [6.45, 7) is 1.56. The first-order chi connectivity index (χ1) is 18.5. The van der Waals surface area contributed by atoms with Gasteiger partial charge in [-0.3, -0.25) is 9.59 Å². The van der Waals surface area contributed by atoms with Gasteiger partial charge in [0.2, 0.25) is 5.91 Å². The summed E-state index contributed by atoms with van der Waals surface area (Å²) in [7, 11) is 0. The van der Waals surface area contributed by atoms with E-state index in [1.165, 1.54) is 23.1 Å². The van der Waals surface area contributed by atoms with E-state index in [4.69, 9.17) is 10.5 Å². The minimum atomic E-state index is -4.75. The minimum Gasteiger partial charge on any atom is -0.493 e. The van der Waals surface area contributed by atoms with Crippen molar-refractivity contribution >= 4 is 23.1 Å². The Morgan fingerprint density at radius 1 is 1.18 bits per heavy atom. The molecule has 9 nitrogen and oxygen atoms in total. The zero-order valence-corrected chi connectivity index (χ0v) is 20.7. The number of amides is 2. The number of hydrogen-bond donors (Lipinski definition) is 2. The van der Waals surface area contributed by atoms with Crippen LogP contribution < -0.4 is 15.8 Å². The fourth-order valence-electron chi connectivity index (χ4n) is 4.97. The number of benzene rings is 1. The molecule has 0 spiro atoms. The summed E-state index contributed by atoms with van der Waals surface area (Å²) in [5.74, 6) is -1.80. The molecule has 2 aliphatic rings. The average molecular weight is 553 g/mol. The number of nitrogen functional groups attached to an aromatic ring is 1. The van der Waals surface area contributed by atoms with E-state index in [1.54, 1.807) is 6.92 Å². The van der Waals surface area contributed by atoms with Crippen LogP contribution in [0.1, 0.15) is 35.7 Å². The molecule has 14 heteroatoms. The molecule has 1 aromatic carbocycles. The second-order valence-electron chi connectivity index (χ2n) is 9.60. The van der Waals surface area contributed by atoms with E-state index >= 15 is 0 Å². The summed E-state index contributed by atoms with van der Waals surface area (Å²) < 4.78 is 75.8. The molecule has 3 N–H and O–H groups in total. The molecule has 2 amide bonds. The molecule has 1 aliphatic carbocycles. The maximum Gasteiger partial charge on any atom is 0.418 e. The summed E-state index contributed by atoms with van der Waals surface area (Å²) in [6, 6.07) is 4.04. The third-order valence-corrected chi connectivity index (χ3v) is 7.01. The van der Waals surface area contributed by atoms with Crippen LogP contribution in [0, 0.1) is 5.92 Å². The Kier molecular flexibility index (Phi) is 6.81. The van der Waals surface area contributed by atoms with E-state index in [1.807, 2.05) is 0 Å². The molecular formula is C25H25F5N6O3. The molecule has 208 valence electrons. The van der Waals surface area contributed by atoms with Crippen molar-refractivity contribution in [1.82, 2.24) is 24.8 Å². The lowest BCUT2D eigenvalue weighted by Crippen LogP contribution is -2.44. The van der Waals surface area contributed by atoms with Crippen LogP contribution in [0.25, 0.3) is 16.8 Å². The monoisotopic (exact) mass is 552 g/mol. The molecule has 1 saturated carbocycles. The smallest absolute Gasteiger partial charge is 0.418 e. The molecule has 0 radical (unpaired) electrons. The van der Waals surface area contributed by atoms with Crippen molar-refractivity contribution in [3.05, 3.63) is 41.7 Å². The highest BCUT2D eigenvalue weighted by Gasteiger charge is 2.43. The zero-order valence-electron chi connectivity index (χ0n) is 20.7. The number of hydrogen-bond acceptors (Lipinski definition) is 6. The predicted molar refractivity (Wildman–Crippen MR) is 129 cm³/mol. The first kappa shape index (κ1) is 26.6. The van der Waals surface area contributed by atoms with Gasteiger partial charge in [-0.05, 0) is 44.0 Å². The van der Waals surface area contributed by atoms with Crippen LogP contribution >= 0.6 is 0 Å². The third-order valence-electron chi connectivity index (χ3n) is 7.01. The number of alkyl halides is 5. The van der Waals surface area contributed by atoms with E-state index in [0.717, 1.165) is 16.9 Å². The zero-order chi connectivity index (χ0) is 28.1. The van der Waals surface area contributed by atoms with Gasteiger partial charge in [-0.1, -0.05) is 0 Å². The van der Waals surface area contributed by atoms with Crippen molar-refractivity contribution in [2.24, 2.45) is 5.92 Å². The van der Waals surface area contributed by atoms with Crippen LogP contribution in [0.4, 0.5) is 27.8 Å². The van der Waals surface area contributed by atoms with Gasteiger partial charge in [0.25, 0.3) is 5.91 Å². The van der Waals surface area contributed by atoms with Crippen LogP contribution in [-0.2, 0) is 11.0 Å². The van der Waals surface area contributed by atoms with E-state index in [2.05, 4.69) is 15.4 Å². The molecular weight excluding hydrogens is 527 g/mol. The van der Waals surface area contributed by atoms with E-state index in [9.17, 15) is 31.5 Å². The van der Waals surface area contributed by atoms with Gasteiger partial charge >= 0.3 is 6.18 Å². The SMILES string of the molecule is CCOc1ccc(-c2cc(C(F)(F)F)c3c(N)ncnn23)cc1C(=O)N[C@@H]1CN(C(=O)C2CC(F)C2)C[C@@H]1F. The summed E-state index contributed by atoms with van der Waals surface area (Å²) in [5.41, 5.74) is 4.39. The molecule has 5 rings (SSSR count). The summed E-state index contributed by atoms with van der Waals surface area (Å²) in [5, 5.41) is 6.49. The summed E-state index contributed by atoms with van der Waals surface area (Å²) in [6.07, 6.45) is -6.11. The molecule has 2 atom stereocenters. The van der Waals surface area contributed by atoms with Gasteiger partial charge in [-0.2, -0.15) is 18.3 Å². The number of aromatic nitrogens is 3. The number of nitrogens with two attached hydrogens (primary N) is 1. The number of nitrogens with zero attached hydrogens (tertiary/aromatic N) is 4. The Hall–Kier alpha value is -3.97. The summed E-state index contributed by atoms with van der Waals surface area (Å²) >= 11 is 0. The average Bonchev–Trinajstić information content (AvgIpc) is 3.44. The highest BCUT2D eigenvalue weighted by Crippen LogP contribution is 2.39. The van der Waals surface area contributed by atoms with E-state index in [0.29, 0.717) is 0 Å². The number of fused-ring (bicyclic) bond motifs is 1. The number of anilines is 1. The normalized spacial score (nSPS) is 23.1. The third kappa shape index (κ3) is 4.94. The van der Waals surface area contributed by atoms with Crippen molar-refractivity contribution in [3.63, 3.8) is 0 Å².